The predicted molar refractivity (Wildman–Crippen MR) is 96.5 cm³/mol. The molecule has 5 heteroatoms. The van der Waals surface area contributed by atoms with Crippen molar-refractivity contribution in [2.75, 3.05) is 25.5 Å². The number of ether oxygens (including phenoxy) is 1. The zero-order valence-corrected chi connectivity index (χ0v) is 13.6. The molecular weight excluding hydrogens is 302 g/mol. The Morgan fingerprint density at radius 1 is 1.12 bits per heavy atom. The number of aromatic nitrogens is 1. The van der Waals surface area contributed by atoms with Gasteiger partial charge in [-0.05, 0) is 29.7 Å². The molecule has 0 aliphatic heterocycles. The van der Waals surface area contributed by atoms with Gasteiger partial charge in [-0.3, -0.25) is 4.79 Å². The second-order valence-electron chi connectivity index (χ2n) is 5.54. The molecule has 3 rings (SSSR count). The van der Waals surface area contributed by atoms with E-state index in [0.717, 1.165) is 29.1 Å². The average molecular weight is 323 g/mol. The molecule has 0 radical (unpaired) electrons. The van der Waals surface area contributed by atoms with Crippen LogP contribution in [-0.2, 0) is 11.2 Å². The summed E-state index contributed by atoms with van der Waals surface area (Å²) in [4.78, 5) is 15.3. The molecule has 0 saturated carbocycles. The van der Waals surface area contributed by atoms with E-state index < -0.39 is 0 Å². The molecule has 5 nitrogen and oxygen atoms in total. The summed E-state index contributed by atoms with van der Waals surface area (Å²) in [5.41, 5.74) is 3.05. The van der Waals surface area contributed by atoms with Crippen LogP contribution in [0.1, 0.15) is 5.69 Å². The third-order valence-corrected chi connectivity index (χ3v) is 3.85. The Morgan fingerprint density at radius 2 is 1.92 bits per heavy atom. The molecule has 0 saturated heterocycles. The van der Waals surface area contributed by atoms with Crippen molar-refractivity contribution < 1.29 is 9.53 Å². The Labute approximate surface area is 141 Å². The molecule has 3 aromatic rings. The van der Waals surface area contributed by atoms with Gasteiger partial charge in [-0.15, -0.1) is 0 Å². The number of methoxy groups -OCH3 is 1. The molecule has 124 valence electrons. The molecule has 3 N–H and O–H groups in total. The molecule has 24 heavy (non-hydrogen) atoms. The smallest absolute Gasteiger partial charge is 0.239 e. The molecular formula is C19H21N3O2. The second kappa shape index (κ2) is 7.55. The first kappa shape index (κ1) is 15.9. The van der Waals surface area contributed by atoms with Crippen molar-refractivity contribution in [3.63, 3.8) is 0 Å². The van der Waals surface area contributed by atoms with Gasteiger partial charge in [-0.25, -0.2) is 0 Å². The molecule has 2 aromatic carbocycles. The number of anilines is 1. The van der Waals surface area contributed by atoms with Gasteiger partial charge in [0.2, 0.25) is 5.91 Å². The van der Waals surface area contributed by atoms with Crippen LogP contribution in [0.2, 0.25) is 0 Å². The number of carbonyl (C=O) groups is 1. The maximum absolute atomic E-state index is 12.0. The lowest BCUT2D eigenvalue weighted by atomic mass is 10.2. The van der Waals surface area contributed by atoms with Gasteiger partial charge < -0.3 is 20.4 Å². The highest BCUT2D eigenvalue weighted by atomic mass is 16.5. The molecule has 1 amide bonds. The number of hydrogen-bond acceptors (Lipinski definition) is 3. The van der Waals surface area contributed by atoms with Crippen LogP contribution in [0.4, 0.5) is 5.69 Å². The number of aromatic amines is 1. The molecule has 0 atom stereocenters. The summed E-state index contributed by atoms with van der Waals surface area (Å²) in [5.74, 6) is 0.681. The summed E-state index contributed by atoms with van der Waals surface area (Å²) in [5, 5.41) is 7.20. The minimum atomic E-state index is -0.0444. The highest BCUT2D eigenvalue weighted by molar-refractivity contribution is 5.81. The van der Waals surface area contributed by atoms with E-state index in [4.69, 9.17) is 4.74 Å². The number of nitrogens with one attached hydrogen (secondary N) is 3. The van der Waals surface area contributed by atoms with Gasteiger partial charge in [-0.2, -0.15) is 0 Å². The SMILES string of the molecule is COc1ccccc1NCC(=O)NCCc1cc2ccccc2[nH]1. The van der Waals surface area contributed by atoms with E-state index in [2.05, 4.69) is 33.8 Å². The Hall–Kier alpha value is -2.95. The number of rotatable bonds is 7. The lowest BCUT2D eigenvalue weighted by molar-refractivity contribution is -0.119. The second-order valence-corrected chi connectivity index (χ2v) is 5.54. The average Bonchev–Trinajstić information content (AvgIpc) is 3.03. The highest BCUT2D eigenvalue weighted by Gasteiger charge is 2.05. The number of carbonyl (C=O) groups excluding carboxylic acids is 1. The van der Waals surface area contributed by atoms with Gasteiger partial charge >= 0.3 is 0 Å². The molecule has 1 heterocycles. The normalized spacial score (nSPS) is 10.5. The van der Waals surface area contributed by atoms with Crippen molar-refractivity contribution in [1.82, 2.24) is 10.3 Å². The van der Waals surface area contributed by atoms with Gasteiger partial charge in [0, 0.05) is 24.2 Å². The molecule has 0 fully saturated rings. The van der Waals surface area contributed by atoms with Crippen molar-refractivity contribution in [2.24, 2.45) is 0 Å². The standard InChI is InChI=1S/C19H21N3O2/c1-24-18-9-5-4-8-17(18)21-13-19(23)20-11-10-15-12-14-6-2-3-7-16(14)22-15/h2-9,12,21-22H,10-11,13H2,1H3,(H,20,23). The minimum absolute atomic E-state index is 0.0444. The number of hydrogen-bond donors (Lipinski definition) is 3. The fourth-order valence-electron chi connectivity index (χ4n) is 2.63. The Balaban J connectivity index is 1.45. The first-order valence-electron chi connectivity index (χ1n) is 7.96. The quantitative estimate of drug-likeness (QED) is 0.626. The van der Waals surface area contributed by atoms with Crippen LogP contribution in [0.15, 0.2) is 54.6 Å². The fraction of sp³-hybridized carbons (Fsp3) is 0.211. The molecule has 0 bridgehead atoms. The van der Waals surface area contributed by atoms with E-state index in [9.17, 15) is 4.79 Å². The third-order valence-electron chi connectivity index (χ3n) is 3.85. The topological polar surface area (TPSA) is 66.2 Å². The van der Waals surface area contributed by atoms with Crippen LogP contribution in [0, 0.1) is 0 Å². The van der Waals surface area contributed by atoms with Crippen LogP contribution >= 0.6 is 0 Å². The van der Waals surface area contributed by atoms with Crippen molar-refractivity contribution in [1.29, 1.82) is 0 Å². The summed E-state index contributed by atoms with van der Waals surface area (Å²) in [6, 6.07) is 17.8. The van der Waals surface area contributed by atoms with Crippen molar-refractivity contribution in [2.45, 2.75) is 6.42 Å². The summed E-state index contributed by atoms with van der Waals surface area (Å²) in [7, 11) is 1.61. The van der Waals surface area contributed by atoms with Crippen molar-refractivity contribution in [3.8, 4) is 5.75 Å². The van der Waals surface area contributed by atoms with Crippen LogP contribution < -0.4 is 15.4 Å². The van der Waals surface area contributed by atoms with Gasteiger partial charge in [0.05, 0.1) is 19.3 Å². The van der Waals surface area contributed by atoms with E-state index in [1.165, 1.54) is 5.39 Å². The summed E-state index contributed by atoms with van der Waals surface area (Å²) < 4.78 is 5.25. The molecule has 1 aromatic heterocycles. The number of para-hydroxylation sites is 3. The van der Waals surface area contributed by atoms with Crippen LogP contribution in [0.25, 0.3) is 10.9 Å². The number of H-pyrrole nitrogens is 1. The van der Waals surface area contributed by atoms with Gasteiger partial charge in [-0.1, -0.05) is 30.3 Å². The van der Waals surface area contributed by atoms with Gasteiger partial charge in [0.15, 0.2) is 0 Å². The minimum Gasteiger partial charge on any atom is -0.495 e. The Morgan fingerprint density at radius 3 is 2.75 bits per heavy atom. The largest absolute Gasteiger partial charge is 0.495 e. The molecule has 0 aliphatic rings. The van der Waals surface area contributed by atoms with Gasteiger partial charge in [0.25, 0.3) is 0 Å². The number of fused-ring (bicyclic) bond motifs is 1. The van der Waals surface area contributed by atoms with E-state index in [1.54, 1.807) is 7.11 Å². The molecule has 0 spiro atoms. The van der Waals surface area contributed by atoms with Crippen LogP contribution in [0.5, 0.6) is 5.75 Å². The monoisotopic (exact) mass is 323 g/mol. The number of benzene rings is 2. The number of amides is 1. The van der Waals surface area contributed by atoms with Crippen LogP contribution in [-0.4, -0.2) is 31.1 Å². The lowest BCUT2D eigenvalue weighted by Crippen LogP contribution is -2.31. The van der Waals surface area contributed by atoms with Crippen molar-refractivity contribution >= 4 is 22.5 Å². The fourth-order valence-corrected chi connectivity index (χ4v) is 2.63. The maximum Gasteiger partial charge on any atom is 0.239 e. The van der Waals surface area contributed by atoms with E-state index in [0.29, 0.717) is 6.54 Å². The summed E-state index contributed by atoms with van der Waals surface area (Å²) >= 11 is 0. The Bertz CT molecular complexity index is 793. The zero-order valence-electron chi connectivity index (χ0n) is 13.6. The summed E-state index contributed by atoms with van der Waals surface area (Å²) in [6.45, 7) is 0.812. The Kier molecular flexibility index (Phi) is 5.01. The van der Waals surface area contributed by atoms with Gasteiger partial charge in [0.1, 0.15) is 5.75 Å². The maximum atomic E-state index is 12.0. The predicted octanol–water partition coefficient (Wildman–Crippen LogP) is 2.95. The van der Waals surface area contributed by atoms with E-state index in [1.807, 2.05) is 36.4 Å². The first-order chi connectivity index (χ1) is 11.8. The lowest BCUT2D eigenvalue weighted by Gasteiger charge is -2.10. The van der Waals surface area contributed by atoms with Crippen LogP contribution in [0.3, 0.4) is 0 Å². The van der Waals surface area contributed by atoms with Crippen molar-refractivity contribution in [3.05, 3.63) is 60.3 Å². The van der Waals surface area contributed by atoms with E-state index in [-0.39, 0.29) is 12.5 Å². The molecule has 0 unspecified atom stereocenters. The third kappa shape index (κ3) is 3.87. The zero-order chi connectivity index (χ0) is 16.8. The summed E-state index contributed by atoms with van der Waals surface area (Å²) in [6.07, 6.45) is 0.773. The first-order valence-corrected chi connectivity index (χ1v) is 7.96. The molecule has 0 aliphatic carbocycles. The van der Waals surface area contributed by atoms with E-state index >= 15 is 0 Å². The highest BCUT2D eigenvalue weighted by Crippen LogP contribution is 2.22.